The van der Waals surface area contributed by atoms with E-state index in [1.807, 2.05) is 12.1 Å². The second-order valence-electron chi connectivity index (χ2n) is 5.17. The van der Waals surface area contributed by atoms with E-state index in [0.717, 1.165) is 12.0 Å². The van der Waals surface area contributed by atoms with Gasteiger partial charge in [-0.05, 0) is 25.3 Å². The van der Waals surface area contributed by atoms with Gasteiger partial charge in [0.1, 0.15) is 0 Å². The first-order valence-electron chi connectivity index (χ1n) is 7.83. The highest BCUT2D eigenvalue weighted by atomic mass is 16.5. The molecule has 1 heterocycles. The van der Waals surface area contributed by atoms with Crippen LogP contribution in [-0.4, -0.2) is 22.5 Å². The van der Waals surface area contributed by atoms with Crippen LogP contribution in [0.2, 0.25) is 0 Å². The van der Waals surface area contributed by atoms with Crippen LogP contribution in [0.25, 0.3) is 11.4 Å². The third-order valence-electron chi connectivity index (χ3n) is 3.44. The van der Waals surface area contributed by atoms with Gasteiger partial charge in [0.05, 0.1) is 12.2 Å². The first-order valence-corrected chi connectivity index (χ1v) is 7.83. The molecule has 2 aromatic rings. The molecule has 0 unspecified atom stereocenters. The molecular weight excluding hydrogens is 276 g/mol. The highest BCUT2D eigenvalue weighted by Crippen LogP contribution is 2.17. The molecule has 0 aliphatic rings. The van der Waals surface area contributed by atoms with Crippen LogP contribution in [-0.2, 0) is 11.2 Å². The Morgan fingerprint density at radius 2 is 1.73 bits per heavy atom. The molecule has 0 N–H and O–H groups in total. The van der Waals surface area contributed by atoms with E-state index in [-0.39, 0.29) is 5.97 Å². The quantitative estimate of drug-likeness (QED) is 0.571. The summed E-state index contributed by atoms with van der Waals surface area (Å²) in [6.07, 6.45) is 7.85. The van der Waals surface area contributed by atoms with Crippen molar-refractivity contribution in [3.63, 3.8) is 0 Å². The lowest BCUT2D eigenvalue weighted by Crippen LogP contribution is -2.06. The first kappa shape index (κ1) is 16.1. The smallest absolute Gasteiger partial charge is 0.341 e. The monoisotopic (exact) mass is 298 g/mol. The van der Waals surface area contributed by atoms with Gasteiger partial charge in [0.25, 0.3) is 0 Å². The lowest BCUT2D eigenvalue weighted by molar-refractivity contribution is 0.0525. The van der Waals surface area contributed by atoms with Crippen molar-refractivity contribution >= 4 is 5.97 Å². The molecule has 0 atom stereocenters. The van der Waals surface area contributed by atoms with Gasteiger partial charge in [-0.3, -0.25) is 0 Å². The topological polar surface area (TPSA) is 52.1 Å². The minimum atomic E-state index is -0.389. The summed E-state index contributed by atoms with van der Waals surface area (Å²) in [6.45, 7) is 4.33. The molecule has 0 fully saturated rings. The van der Waals surface area contributed by atoms with Crippen LogP contribution in [0.4, 0.5) is 0 Å². The van der Waals surface area contributed by atoms with Crippen molar-refractivity contribution in [2.75, 3.05) is 6.61 Å². The van der Waals surface area contributed by atoms with Crippen LogP contribution in [0.5, 0.6) is 0 Å². The van der Waals surface area contributed by atoms with E-state index in [4.69, 9.17) is 4.74 Å². The lowest BCUT2D eigenvalue weighted by Gasteiger charge is -2.04. The number of rotatable bonds is 7. The number of carbonyl (C=O) groups is 1. The van der Waals surface area contributed by atoms with Crippen molar-refractivity contribution in [3.8, 4) is 11.4 Å². The van der Waals surface area contributed by atoms with E-state index in [2.05, 4.69) is 29.0 Å². The fourth-order valence-electron chi connectivity index (χ4n) is 2.20. The molecular formula is C18H22N2O2. The SMILES string of the molecule is CCCCCc1ccc(-c2ncc(C(=O)OCC)cn2)cc1. The van der Waals surface area contributed by atoms with Crippen LogP contribution >= 0.6 is 0 Å². The number of esters is 1. The zero-order valence-corrected chi connectivity index (χ0v) is 13.2. The molecule has 4 nitrogen and oxygen atoms in total. The fraction of sp³-hybridized carbons (Fsp3) is 0.389. The molecule has 0 radical (unpaired) electrons. The fourth-order valence-corrected chi connectivity index (χ4v) is 2.20. The minimum Gasteiger partial charge on any atom is -0.462 e. The zero-order valence-electron chi connectivity index (χ0n) is 13.2. The third kappa shape index (κ3) is 4.38. The highest BCUT2D eigenvalue weighted by molar-refractivity contribution is 5.88. The third-order valence-corrected chi connectivity index (χ3v) is 3.44. The Labute approximate surface area is 131 Å². The maximum Gasteiger partial charge on any atom is 0.341 e. The van der Waals surface area contributed by atoms with Crippen molar-refractivity contribution in [2.24, 2.45) is 0 Å². The first-order chi connectivity index (χ1) is 10.7. The Hall–Kier alpha value is -2.23. The lowest BCUT2D eigenvalue weighted by atomic mass is 10.1. The number of hydrogen-bond acceptors (Lipinski definition) is 4. The Bertz CT molecular complexity index is 591. The number of nitrogens with zero attached hydrogens (tertiary/aromatic N) is 2. The van der Waals surface area contributed by atoms with Crippen LogP contribution in [0.15, 0.2) is 36.7 Å². The molecule has 4 heteroatoms. The molecule has 0 spiro atoms. The molecule has 0 saturated heterocycles. The van der Waals surface area contributed by atoms with E-state index < -0.39 is 0 Å². The van der Waals surface area contributed by atoms with Gasteiger partial charge in [0.2, 0.25) is 0 Å². The summed E-state index contributed by atoms with van der Waals surface area (Å²) in [5.74, 6) is 0.230. The van der Waals surface area contributed by atoms with Gasteiger partial charge in [-0.15, -0.1) is 0 Å². The number of unbranched alkanes of at least 4 members (excludes halogenated alkanes) is 2. The van der Waals surface area contributed by atoms with Gasteiger partial charge in [-0.25, -0.2) is 14.8 Å². The van der Waals surface area contributed by atoms with E-state index in [1.165, 1.54) is 37.2 Å². The summed E-state index contributed by atoms with van der Waals surface area (Å²) in [6, 6.07) is 8.29. The van der Waals surface area contributed by atoms with E-state index in [9.17, 15) is 4.79 Å². The van der Waals surface area contributed by atoms with E-state index >= 15 is 0 Å². The van der Waals surface area contributed by atoms with Gasteiger partial charge >= 0.3 is 5.97 Å². The Morgan fingerprint density at radius 1 is 1.05 bits per heavy atom. The molecule has 1 aromatic heterocycles. The van der Waals surface area contributed by atoms with Crippen LogP contribution < -0.4 is 0 Å². The number of aromatic nitrogens is 2. The molecule has 22 heavy (non-hydrogen) atoms. The second kappa shape index (κ2) is 8.27. The molecule has 0 amide bonds. The Morgan fingerprint density at radius 3 is 2.32 bits per heavy atom. The Balaban J connectivity index is 2.03. The van der Waals surface area contributed by atoms with Crippen molar-refractivity contribution in [1.82, 2.24) is 9.97 Å². The van der Waals surface area contributed by atoms with E-state index in [0.29, 0.717) is 18.0 Å². The molecule has 0 bridgehead atoms. The van der Waals surface area contributed by atoms with Crippen LogP contribution in [0, 0.1) is 0 Å². The number of hydrogen-bond donors (Lipinski definition) is 0. The number of aryl methyl sites for hydroxylation is 1. The van der Waals surface area contributed by atoms with Gasteiger partial charge in [-0.1, -0.05) is 44.0 Å². The van der Waals surface area contributed by atoms with Gasteiger partial charge in [0, 0.05) is 18.0 Å². The van der Waals surface area contributed by atoms with Crippen LogP contribution in [0.1, 0.15) is 49.0 Å². The predicted octanol–water partition coefficient (Wildman–Crippen LogP) is 4.05. The van der Waals surface area contributed by atoms with Crippen molar-refractivity contribution < 1.29 is 9.53 Å². The van der Waals surface area contributed by atoms with Crippen LogP contribution in [0.3, 0.4) is 0 Å². The van der Waals surface area contributed by atoms with Gasteiger partial charge < -0.3 is 4.74 Å². The van der Waals surface area contributed by atoms with Crippen molar-refractivity contribution in [3.05, 3.63) is 47.8 Å². The molecule has 0 aliphatic heterocycles. The summed E-state index contributed by atoms with van der Waals surface area (Å²) in [4.78, 5) is 20.1. The molecule has 0 saturated carbocycles. The molecule has 1 aromatic carbocycles. The summed E-state index contributed by atoms with van der Waals surface area (Å²) < 4.78 is 4.92. The highest BCUT2D eigenvalue weighted by Gasteiger charge is 2.08. The zero-order chi connectivity index (χ0) is 15.8. The summed E-state index contributed by atoms with van der Waals surface area (Å²) in [5, 5.41) is 0. The number of benzene rings is 1. The normalized spacial score (nSPS) is 10.5. The minimum absolute atomic E-state index is 0.347. The largest absolute Gasteiger partial charge is 0.462 e. The predicted molar refractivity (Wildman–Crippen MR) is 86.7 cm³/mol. The summed E-state index contributed by atoms with van der Waals surface area (Å²) >= 11 is 0. The standard InChI is InChI=1S/C18H22N2O2/c1-3-5-6-7-14-8-10-15(11-9-14)17-19-12-16(13-20-17)18(21)22-4-2/h8-13H,3-7H2,1-2H3. The molecule has 0 aliphatic carbocycles. The molecule has 2 rings (SSSR count). The average molecular weight is 298 g/mol. The molecule has 116 valence electrons. The second-order valence-corrected chi connectivity index (χ2v) is 5.17. The van der Waals surface area contributed by atoms with Crippen molar-refractivity contribution in [1.29, 1.82) is 0 Å². The van der Waals surface area contributed by atoms with Gasteiger partial charge in [0.15, 0.2) is 5.82 Å². The van der Waals surface area contributed by atoms with Gasteiger partial charge in [-0.2, -0.15) is 0 Å². The van der Waals surface area contributed by atoms with E-state index in [1.54, 1.807) is 6.92 Å². The maximum absolute atomic E-state index is 11.6. The average Bonchev–Trinajstić information content (AvgIpc) is 2.56. The number of ether oxygens (including phenoxy) is 1. The maximum atomic E-state index is 11.6. The summed E-state index contributed by atoms with van der Waals surface area (Å²) in [5.41, 5.74) is 2.66. The van der Waals surface area contributed by atoms with Crippen molar-refractivity contribution in [2.45, 2.75) is 39.5 Å². The Kier molecular flexibility index (Phi) is 6.07. The summed E-state index contributed by atoms with van der Waals surface area (Å²) in [7, 11) is 0. The number of carbonyl (C=O) groups excluding carboxylic acids is 1.